The molecule has 0 aromatic heterocycles. The SMILES string of the molecule is CC(C)[C@H](N)C(=O)NCC(=O)NC(c1ccc(F)cc1)C(F)(F)F.Cl. The van der Waals surface area contributed by atoms with E-state index in [2.05, 4.69) is 5.32 Å². The van der Waals surface area contributed by atoms with Crippen molar-refractivity contribution in [3.8, 4) is 0 Å². The summed E-state index contributed by atoms with van der Waals surface area (Å²) in [5.41, 5.74) is 5.25. The van der Waals surface area contributed by atoms with Crippen molar-refractivity contribution in [1.82, 2.24) is 10.6 Å². The van der Waals surface area contributed by atoms with Gasteiger partial charge in [-0.1, -0.05) is 26.0 Å². The Labute approximate surface area is 148 Å². The zero-order valence-electron chi connectivity index (χ0n) is 13.6. The van der Waals surface area contributed by atoms with Gasteiger partial charge in [-0.05, 0) is 23.6 Å². The molecule has 1 aromatic carbocycles. The van der Waals surface area contributed by atoms with Crippen molar-refractivity contribution in [1.29, 1.82) is 0 Å². The molecule has 0 aliphatic rings. The van der Waals surface area contributed by atoms with Crippen LogP contribution in [0.1, 0.15) is 25.5 Å². The summed E-state index contributed by atoms with van der Waals surface area (Å²) in [6.45, 7) is 2.74. The highest BCUT2D eigenvalue weighted by Crippen LogP contribution is 2.32. The van der Waals surface area contributed by atoms with Crippen LogP contribution in [0.4, 0.5) is 17.6 Å². The fraction of sp³-hybridized carbons (Fsp3) is 0.467. The van der Waals surface area contributed by atoms with Crippen LogP contribution >= 0.6 is 12.4 Å². The summed E-state index contributed by atoms with van der Waals surface area (Å²) in [5, 5.41) is 3.95. The van der Waals surface area contributed by atoms with Gasteiger partial charge in [0.05, 0.1) is 12.6 Å². The second kappa shape index (κ2) is 9.57. The van der Waals surface area contributed by atoms with E-state index in [4.69, 9.17) is 5.73 Å². The topological polar surface area (TPSA) is 84.2 Å². The molecule has 4 N–H and O–H groups in total. The first-order chi connectivity index (χ1) is 11.0. The largest absolute Gasteiger partial charge is 0.412 e. The first-order valence-electron chi connectivity index (χ1n) is 7.17. The Morgan fingerprint density at radius 1 is 1.16 bits per heavy atom. The minimum Gasteiger partial charge on any atom is -0.346 e. The number of carbonyl (C=O) groups excluding carboxylic acids is 2. The molecule has 1 unspecified atom stereocenters. The van der Waals surface area contributed by atoms with Crippen LogP contribution < -0.4 is 16.4 Å². The second-order valence-electron chi connectivity index (χ2n) is 5.58. The van der Waals surface area contributed by atoms with Gasteiger partial charge in [-0.3, -0.25) is 9.59 Å². The zero-order valence-corrected chi connectivity index (χ0v) is 14.4. The molecular formula is C15H20ClF4N3O2. The predicted molar refractivity (Wildman–Crippen MR) is 86.4 cm³/mol. The van der Waals surface area contributed by atoms with E-state index in [-0.39, 0.29) is 23.9 Å². The second-order valence-corrected chi connectivity index (χ2v) is 5.58. The van der Waals surface area contributed by atoms with Crippen molar-refractivity contribution in [2.24, 2.45) is 11.7 Å². The first kappa shape index (κ1) is 23.1. The highest BCUT2D eigenvalue weighted by molar-refractivity contribution is 5.87. The summed E-state index contributed by atoms with van der Waals surface area (Å²) in [6, 6.07) is 0.421. The molecule has 5 nitrogen and oxygen atoms in total. The molecule has 0 aliphatic heterocycles. The van der Waals surface area contributed by atoms with Gasteiger partial charge in [0.1, 0.15) is 5.82 Å². The fourth-order valence-corrected chi connectivity index (χ4v) is 1.81. The van der Waals surface area contributed by atoms with Crippen LogP contribution in [0.2, 0.25) is 0 Å². The molecule has 0 radical (unpaired) electrons. The number of benzene rings is 1. The lowest BCUT2D eigenvalue weighted by Crippen LogP contribution is -2.48. The molecule has 0 fully saturated rings. The Morgan fingerprint density at radius 2 is 1.68 bits per heavy atom. The Hall–Kier alpha value is -1.87. The Bertz CT molecular complexity index is 579. The van der Waals surface area contributed by atoms with Crippen molar-refractivity contribution in [3.63, 3.8) is 0 Å². The molecule has 10 heteroatoms. The van der Waals surface area contributed by atoms with Crippen LogP contribution in [0, 0.1) is 11.7 Å². The van der Waals surface area contributed by atoms with Crippen molar-refractivity contribution < 1.29 is 27.2 Å². The smallest absolute Gasteiger partial charge is 0.346 e. The molecule has 0 bridgehead atoms. The van der Waals surface area contributed by atoms with E-state index in [0.29, 0.717) is 0 Å². The van der Waals surface area contributed by atoms with Crippen LogP contribution in [0.25, 0.3) is 0 Å². The van der Waals surface area contributed by atoms with Gasteiger partial charge in [0.25, 0.3) is 0 Å². The minimum atomic E-state index is -4.77. The number of nitrogens with two attached hydrogens (primary N) is 1. The molecular weight excluding hydrogens is 366 g/mol. The van der Waals surface area contributed by atoms with Crippen molar-refractivity contribution in [2.75, 3.05) is 6.54 Å². The van der Waals surface area contributed by atoms with Crippen LogP contribution in [0.15, 0.2) is 24.3 Å². The van der Waals surface area contributed by atoms with Gasteiger partial charge < -0.3 is 16.4 Å². The molecule has 0 heterocycles. The average Bonchev–Trinajstić information content (AvgIpc) is 2.49. The summed E-state index contributed by atoms with van der Waals surface area (Å²) >= 11 is 0. The normalized spacial score (nSPS) is 13.6. The standard InChI is InChI=1S/C15H19F4N3O2.ClH/c1-8(2)12(20)14(24)21-7-11(23)22-13(15(17,18)19)9-3-5-10(16)6-4-9;/h3-6,8,12-13H,7,20H2,1-2H3,(H,21,24)(H,22,23);1H/t12-,13?;/m0./s1. The minimum absolute atomic E-state index is 0. The molecule has 0 aliphatic carbocycles. The lowest BCUT2D eigenvalue weighted by Gasteiger charge is -2.22. The highest BCUT2D eigenvalue weighted by Gasteiger charge is 2.41. The first-order valence-corrected chi connectivity index (χ1v) is 7.17. The van der Waals surface area contributed by atoms with Gasteiger partial charge in [0.15, 0.2) is 6.04 Å². The monoisotopic (exact) mass is 385 g/mol. The maximum absolute atomic E-state index is 13.1. The van der Waals surface area contributed by atoms with Gasteiger partial charge >= 0.3 is 6.18 Å². The number of halogens is 5. The molecule has 2 atom stereocenters. The third-order valence-electron chi connectivity index (χ3n) is 3.28. The van der Waals surface area contributed by atoms with E-state index in [0.717, 1.165) is 24.3 Å². The van der Waals surface area contributed by atoms with Crippen molar-refractivity contribution in [2.45, 2.75) is 32.1 Å². The van der Waals surface area contributed by atoms with Crippen LogP contribution in [-0.2, 0) is 9.59 Å². The van der Waals surface area contributed by atoms with E-state index in [9.17, 15) is 27.2 Å². The average molecular weight is 386 g/mol. The van der Waals surface area contributed by atoms with Crippen molar-refractivity contribution in [3.05, 3.63) is 35.6 Å². The van der Waals surface area contributed by atoms with Gasteiger partial charge in [0.2, 0.25) is 11.8 Å². The summed E-state index contributed by atoms with van der Waals surface area (Å²) < 4.78 is 52.1. The van der Waals surface area contributed by atoms with Crippen LogP contribution in [0.3, 0.4) is 0 Å². The Kier molecular flexibility index (Phi) is 8.86. The molecule has 0 saturated heterocycles. The van der Waals surface area contributed by atoms with E-state index in [1.807, 2.05) is 0 Å². The number of amides is 2. The Morgan fingerprint density at radius 3 is 2.12 bits per heavy atom. The predicted octanol–water partition coefficient (Wildman–Crippen LogP) is 2.07. The van der Waals surface area contributed by atoms with Crippen LogP contribution in [-0.4, -0.2) is 30.6 Å². The third kappa shape index (κ3) is 7.27. The quantitative estimate of drug-likeness (QED) is 0.655. The molecule has 142 valence electrons. The summed E-state index contributed by atoms with van der Waals surface area (Å²) in [4.78, 5) is 23.3. The number of alkyl halides is 3. The van der Waals surface area contributed by atoms with Crippen molar-refractivity contribution >= 4 is 24.2 Å². The molecule has 0 spiro atoms. The van der Waals surface area contributed by atoms with Crippen LogP contribution in [0.5, 0.6) is 0 Å². The number of rotatable bonds is 6. The lowest BCUT2D eigenvalue weighted by molar-refractivity contribution is -0.163. The number of hydrogen-bond donors (Lipinski definition) is 3. The lowest BCUT2D eigenvalue weighted by atomic mass is 10.1. The number of nitrogens with one attached hydrogen (secondary N) is 2. The van der Waals surface area contributed by atoms with Gasteiger partial charge in [0, 0.05) is 0 Å². The highest BCUT2D eigenvalue weighted by atomic mass is 35.5. The fourth-order valence-electron chi connectivity index (χ4n) is 1.81. The van der Waals surface area contributed by atoms with E-state index in [1.54, 1.807) is 19.2 Å². The summed E-state index contributed by atoms with van der Waals surface area (Å²) in [5.74, 6) is -2.55. The zero-order chi connectivity index (χ0) is 18.5. The maximum Gasteiger partial charge on any atom is 0.412 e. The van der Waals surface area contributed by atoms with Gasteiger partial charge in [-0.2, -0.15) is 13.2 Å². The van der Waals surface area contributed by atoms with Gasteiger partial charge in [-0.25, -0.2) is 4.39 Å². The summed E-state index contributed by atoms with van der Waals surface area (Å²) in [7, 11) is 0. The summed E-state index contributed by atoms with van der Waals surface area (Å²) in [6.07, 6.45) is -4.77. The van der Waals surface area contributed by atoms with E-state index in [1.165, 1.54) is 0 Å². The molecule has 25 heavy (non-hydrogen) atoms. The van der Waals surface area contributed by atoms with E-state index >= 15 is 0 Å². The number of hydrogen-bond acceptors (Lipinski definition) is 3. The molecule has 2 amide bonds. The van der Waals surface area contributed by atoms with E-state index < -0.39 is 42.4 Å². The molecule has 0 saturated carbocycles. The number of carbonyl (C=O) groups is 2. The molecule has 1 aromatic rings. The molecule has 1 rings (SSSR count). The third-order valence-corrected chi connectivity index (χ3v) is 3.28. The Balaban J connectivity index is 0.00000576. The maximum atomic E-state index is 13.1. The van der Waals surface area contributed by atoms with Gasteiger partial charge in [-0.15, -0.1) is 12.4 Å².